The summed E-state index contributed by atoms with van der Waals surface area (Å²) in [5.41, 5.74) is 1.62. The second-order valence-electron chi connectivity index (χ2n) is 4.77. The van der Waals surface area contributed by atoms with Gasteiger partial charge in [-0.2, -0.15) is 0 Å². The largest absolute Gasteiger partial charge is 0.478 e. The summed E-state index contributed by atoms with van der Waals surface area (Å²) in [6.45, 7) is 0. The Balaban J connectivity index is 2.14. The van der Waals surface area contributed by atoms with E-state index >= 15 is 0 Å². The highest BCUT2D eigenvalue weighted by Gasteiger charge is 2.17. The molecular formula is C19H14O3. The van der Waals surface area contributed by atoms with Gasteiger partial charge in [-0.05, 0) is 29.8 Å². The van der Waals surface area contributed by atoms with Gasteiger partial charge < -0.3 is 9.84 Å². The standard InChI is InChI=1S/C19H14O3/c20-19(21)16-12-7-13-17(22-15-10-5-2-6-11-15)18(16)14-8-3-1-4-9-14/h1-13H,(H,20,21). The zero-order valence-electron chi connectivity index (χ0n) is 11.8. The first-order valence-electron chi connectivity index (χ1n) is 6.90. The average molecular weight is 290 g/mol. The summed E-state index contributed by atoms with van der Waals surface area (Å²) in [5, 5.41) is 9.46. The first-order chi connectivity index (χ1) is 10.8. The minimum absolute atomic E-state index is 0.222. The van der Waals surface area contributed by atoms with Gasteiger partial charge in [-0.15, -0.1) is 0 Å². The van der Waals surface area contributed by atoms with Crippen LogP contribution in [0.3, 0.4) is 0 Å². The van der Waals surface area contributed by atoms with E-state index in [9.17, 15) is 9.90 Å². The zero-order valence-corrected chi connectivity index (χ0v) is 11.8. The number of para-hydroxylation sites is 1. The van der Waals surface area contributed by atoms with E-state index in [2.05, 4.69) is 0 Å². The topological polar surface area (TPSA) is 46.5 Å². The van der Waals surface area contributed by atoms with Gasteiger partial charge in [0.05, 0.1) is 5.56 Å². The van der Waals surface area contributed by atoms with E-state index in [1.54, 1.807) is 18.2 Å². The van der Waals surface area contributed by atoms with E-state index < -0.39 is 5.97 Å². The Morgan fingerprint density at radius 1 is 0.773 bits per heavy atom. The van der Waals surface area contributed by atoms with Gasteiger partial charge in [-0.25, -0.2) is 4.79 Å². The van der Waals surface area contributed by atoms with Crippen LogP contribution in [0.5, 0.6) is 11.5 Å². The predicted octanol–water partition coefficient (Wildman–Crippen LogP) is 4.84. The lowest BCUT2D eigenvalue weighted by Crippen LogP contribution is -2.01. The Morgan fingerprint density at radius 2 is 1.41 bits per heavy atom. The smallest absolute Gasteiger partial charge is 0.336 e. The monoisotopic (exact) mass is 290 g/mol. The summed E-state index contributed by atoms with van der Waals surface area (Å²) < 4.78 is 5.89. The lowest BCUT2D eigenvalue weighted by molar-refractivity contribution is 0.0697. The second-order valence-corrected chi connectivity index (χ2v) is 4.77. The highest BCUT2D eigenvalue weighted by molar-refractivity contribution is 5.98. The molecule has 1 N–H and O–H groups in total. The Kier molecular flexibility index (Phi) is 3.88. The number of carboxylic acid groups (broad SMARTS) is 1. The molecule has 3 aromatic rings. The van der Waals surface area contributed by atoms with Crippen LogP contribution in [0.15, 0.2) is 78.9 Å². The molecule has 0 aliphatic carbocycles. The minimum Gasteiger partial charge on any atom is -0.478 e. The summed E-state index contributed by atoms with van der Waals surface area (Å²) in [4.78, 5) is 11.5. The van der Waals surface area contributed by atoms with Crippen LogP contribution < -0.4 is 4.74 Å². The quantitative estimate of drug-likeness (QED) is 0.747. The molecule has 3 aromatic carbocycles. The van der Waals surface area contributed by atoms with Crippen LogP contribution in [0.2, 0.25) is 0 Å². The van der Waals surface area contributed by atoms with E-state index in [1.165, 1.54) is 0 Å². The molecule has 0 unspecified atom stereocenters. The maximum Gasteiger partial charge on any atom is 0.336 e. The number of hydrogen-bond donors (Lipinski definition) is 1. The molecular weight excluding hydrogens is 276 g/mol. The number of carboxylic acids is 1. The first kappa shape index (κ1) is 13.9. The highest BCUT2D eigenvalue weighted by atomic mass is 16.5. The van der Waals surface area contributed by atoms with Crippen LogP contribution >= 0.6 is 0 Å². The van der Waals surface area contributed by atoms with Crippen molar-refractivity contribution >= 4 is 5.97 Å². The SMILES string of the molecule is O=C(O)c1cccc(Oc2ccccc2)c1-c1ccccc1. The van der Waals surface area contributed by atoms with E-state index in [4.69, 9.17) is 4.74 Å². The lowest BCUT2D eigenvalue weighted by Gasteiger charge is -2.14. The summed E-state index contributed by atoms with van der Waals surface area (Å²) in [7, 11) is 0. The molecule has 0 bridgehead atoms. The van der Waals surface area contributed by atoms with Crippen molar-refractivity contribution in [1.82, 2.24) is 0 Å². The van der Waals surface area contributed by atoms with Crippen LogP contribution in [0, 0.1) is 0 Å². The molecule has 0 amide bonds. The zero-order chi connectivity index (χ0) is 15.4. The van der Waals surface area contributed by atoms with Crippen molar-refractivity contribution in [1.29, 1.82) is 0 Å². The van der Waals surface area contributed by atoms with Crippen LogP contribution in [0.1, 0.15) is 10.4 Å². The molecule has 0 aromatic heterocycles. The lowest BCUT2D eigenvalue weighted by atomic mass is 9.98. The van der Waals surface area contributed by atoms with Gasteiger partial charge in [0.2, 0.25) is 0 Å². The molecule has 0 spiro atoms. The Morgan fingerprint density at radius 3 is 2.05 bits per heavy atom. The third-order valence-corrected chi connectivity index (χ3v) is 3.29. The molecule has 3 heteroatoms. The van der Waals surface area contributed by atoms with E-state index in [-0.39, 0.29) is 5.56 Å². The molecule has 22 heavy (non-hydrogen) atoms. The number of ether oxygens (including phenoxy) is 1. The van der Waals surface area contributed by atoms with Gasteiger partial charge in [0.1, 0.15) is 11.5 Å². The normalized spacial score (nSPS) is 10.2. The fourth-order valence-electron chi connectivity index (χ4n) is 2.31. The Hall–Kier alpha value is -3.07. The number of rotatable bonds is 4. The molecule has 3 rings (SSSR count). The van der Waals surface area contributed by atoms with Crippen molar-refractivity contribution in [2.24, 2.45) is 0 Å². The summed E-state index contributed by atoms with van der Waals surface area (Å²) in [5.74, 6) is 0.219. The van der Waals surface area contributed by atoms with E-state index in [0.717, 1.165) is 5.56 Å². The Labute approximate surface area is 128 Å². The number of benzene rings is 3. The molecule has 3 nitrogen and oxygen atoms in total. The van der Waals surface area contributed by atoms with E-state index in [0.29, 0.717) is 17.1 Å². The van der Waals surface area contributed by atoms with Crippen molar-refractivity contribution in [2.45, 2.75) is 0 Å². The third-order valence-electron chi connectivity index (χ3n) is 3.29. The van der Waals surface area contributed by atoms with Gasteiger partial charge in [0.15, 0.2) is 0 Å². The fraction of sp³-hybridized carbons (Fsp3) is 0. The molecule has 108 valence electrons. The molecule has 0 aliphatic rings. The summed E-state index contributed by atoms with van der Waals surface area (Å²) in [6, 6.07) is 23.8. The van der Waals surface area contributed by atoms with Crippen LogP contribution in [0.25, 0.3) is 11.1 Å². The second kappa shape index (κ2) is 6.14. The summed E-state index contributed by atoms with van der Waals surface area (Å²) in [6.07, 6.45) is 0. The van der Waals surface area contributed by atoms with Gasteiger partial charge in [-0.1, -0.05) is 54.6 Å². The van der Waals surface area contributed by atoms with Crippen molar-refractivity contribution in [2.75, 3.05) is 0 Å². The third kappa shape index (κ3) is 2.83. The molecule has 0 heterocycles. The maximum atomic E-state index is 11.5. The van der Waals surface area contributed by atoms with Crippen LogP contribution in [0.4, 0.5) is 0 Å². The van der Waals surface area contributed by atoms with Crippen molar-refractivity contribution in [3.63, 3.8) is 0 Å². The highest BCUT2D eigenvalue weighted by Crippen LogP contribution is 2.36. The van der Waals surface area contributed by atoms with Gasteiger partial charge in [-0.3, -0.25) is 0 Å². The maximum absolute atomic E-state index is 11.5. The van der Waals surface area contributed by atoms with Gasteiger partial charge in [0, 0.05) is 5.56 Å². The van der Waals surface area contributed by atoms with Crippen LogP contribution in [-0.4, -0.2) is 11.1 Å². The number of carbonyl (C=O) groups is 1. The molecule has 0 saturated carbocycles. The van der Waals surface area contributed by atoms with Crippen molar-refractivity contribution < 1.29 is 14.6 Å². The van der Waals surface area contributed by atoms with Crippen molar-refractivity contribution in [3.8, 4) is 22.6 Å². The Bertz CT molecular complexity index is 780. The molecule has 0 fully saturated rings. The first-order valence-corrected chi connectivity index (χ1v) is 6.90. The van der Waals surface area contributed by atoms with Crippen molar-refractivity contribution in [3.05, 3.63) is 84.4 Å². The summed E-state index contributed by atoms with van der Waals surface area (Å²) >= 11 is 0. The predicted molar refractivity (Wildman–Crippen MR) is 85.4 cm³/mol. The minimum atomic E-state index is -0.975. The number of aromatic carboxylic acids is 1. The molecule has 0 aliphatic heterocycles. The fourth-order valence-corrected chi connectivity index (χ4v) is 2.31. The number of hydrogen-bond acceptors (Lipinski definition) is 2. The van der Waals surface area contributed by atoms with Gasteiger partial charge in [0.25, 0.3) is 0 Å². The van der Waals surface area contributed by atoms with Gasteiger partial charge >= 0.3 is 5.97 Å². The van der Waals surface area contributed by atoms with Crippen LogP contribution in [-0.2, 0) is 0 Å². The molecule has 0 atom stereocenters. The van der Waals surface area contributed by atoms with E-state index in [1.807, 2.05) is 60.7 Å². The average Bonchev–Trinajstić information content (AvgIpc) is 2.56. The molecule has 0 saturated heterocycles. The molecule has 0 radical (unpaired) electrons.